The Morgan fingerprint density at radius 2 is 0.848 bits per heavy atom. The Balaban J connectivity index is 5.32. The van der Waals surface area contributed by atoms with Gasteiger partial charge in [-0.05, 0) is 109 Å². The molecular formula is C34H62N4O8. The van der Waals surface area contributed by atoms with E-state index in [9.17, 15) is 19.2 Å². The molecule has 266 valence electrons. The summed E-state index contributed by atoms with van der Waals surface area (Å²) >= 11 is 0. The molecule has 0 bridgehead atoms. The summed E-state index contributed by atoms with van der Waals surface area (Å²) in [6.45, 7) is 24.2. The summed E-state index contributed by atoms with van der Waals surface area (Å²) in [5, 5.41) is 2.71. The summed E-state index contributed by atoms with van der Waals surface area (Å²) < 4.78 is 22.0. The molecule has 1 N–H and O–H groups in total. The fourth-order valence-electron chi connectivity index (χ4n) is 3.89. The number of rotatable bonds is 15. The minimum atomic E-state index is -0.675. The van der Waals surface area contributed by atoms with E-state index in [1.54, 1.807) is 56.2 Å². The Hall–Kier alpha value is -3.36. The van der Waals surface area contributed by atoms with Gasteiger partial charge >= 0.3 is 24.4 Å². The molecule has 4 amide bonds. The zero-order valence-electron chi connectivity index (χ0n) is 30.7. The molecule has 0 fully saturated rings. The van der Waals surface area contributed by atoms with Gasteiger partial charge in [-0.2, -0.15) is 0 Å². The Labute approximate surface area is 278 Å². The smallest absolute Gasteiger partial charge is 0.410 e. The number of ether oxygens (including phenoxy) is 4. The van der Waals surface area contributed by atoms with Crippen LogP contribution in [0, 0.1) is 12.3 Å². The van der Waals surface area contributed by atoms with E-state index in [0.717, 1.165) is 0 Å². The number of carbonyl (C=O) groups is 4. The van der Waals surface area contributed by atoms with Crippen LogP contribution in [-0.2, 0) is 18.9 Å². The van der Waals surface area contributed by atoms with E-state index < -0.39 is 46.8 Å². The molecule has 0 saturated carbocycles. The Bertz CT molecular complexity index is 997. The van der Waals surface area contributed by atoms with E-state index >= 15 is 0 Å². The highest BCUT2D eigenvalue weighted by Crippen LogP contribution is 2.15. The second-order valence-electron chi connectivity index (χ2n) is 15.2. The molecule has 0 rings (SSSR count). The molecule has 0 aromatic heterocycles. The molecule has 0 radical (unpaired) electrons. The molecule has 0 aliphatic carbocycles. The molecule has 0 atom stereocenters. The van der Waals surface area contributed by atoms with Crippen LogP contribution in [0.3, 0.4) is 0 Å². The molecule has 0 unspecified atom stereocenters. The van der Waals surface area contributed by atoms with Crippen molar-refractivity contribution in [2.24, 2.45) is 0 Å². The van der Waals surface area contributed by atoms with Crippen LogP contribution >= 0.6 is 0 Å². The van der Waals surface area contributed by atoms with E-state index in [-0.39, 0.29) is 0 Å². The summed E-state index contributed by atoms with van der Waals surface area (Å²) in [5.74, 6) is 2.56. The standard InChI is InChI=1S/C34H62N4O8/c1-14-15-21-36(28(40)44-32(5,6)7)25-19-26-38(30(42)46-34(11,12)13)23-17-16-22-37(29(41)45-33(8,9)10)24-18-20-35-27(39)43-31(2,3)4/h1H,15-26H2,2-13H3,(H,35,39). The van der Waals surface area contributed by atoms with Crippen LogP contribution in [0.25, 0.3) is 0 Å². The third-order valence-corrected chi connectivity index (χ3v) is 5.72. The molecule has 0 aromatic rings. The van der Waals surface area contributed by atoms with Crippen LogP contribution in [-0.4, -0.2) is 107 Å². The number of alkyl carbamates (subject to hydrolysis) is 1. The summed E-state index contributed by atoms with van der Waals surface area (Å²) in [5.41, 5.74) is -2.58. The minimum Gasteiger partial charge on any atom is -0.444 e. The first-order valence-corrected chi connectivity index (χ1v) is 16.3. The maximum absolute atomic E-state index is 13.1. The quantitative estimate of drug-likeness (QED) is 0.116. The van der Waals surface area contributed by atoms with Crippen molar-refractivity contribution in [3.8, 4) is 12.3 Å². The normalized spacial score (nSPS) is 12.0. The molecule has 12 heteroatoms. The van der Waals surface area contributed by atoms with Gasteiger partial charge in [0.2, 0.25) is 0 Å². The number of terminal acetylenes is 1. The largest absolute Gasteiger partial charge is 0.444 e. The van der Waals surface area contributed by atoms with Crippen molar-refractivity contribution in [2.45, 2.75) is 138 Å². The van der Waals surface area contributed by atoms with E-state index in [2.05, 4.69) is 11.2 Å². The predicted molar refractivity (Wildman–Crippen MR) is 180 cm³/mol. The zero-order chi connectivity index (χ0) is 35.8. The number of amides is 4. The second-order valence-corrected chi connectivity index (χ2v) is 15.2. The first-order valence-electron chi connectivity index (χ1n) is 16.3. The summed E-state index contributed by atoms with van der Waals surface area (Å²) in [6.07, 6.45) is 6.18. The lowest BCUT2D eigenvalue weighted by atomic mass is 10.2. The number of hydrogen-bond acceptors (Lipinski definition) is 8. The molecule has 0 heterocycles. The van der Waals surface area contributed by atoms with Crippen LogP contribution in [0.5, 0.6) is 0 Å². The highest BCUT2D eigenvalue weighted by Gasteiger charge is 2.26. The lowest BCUT2D eigenvalue weighted by Crippen LogP contribution is -2.42. The van der Waals surface area contributed by atoms with Gasteiger partial charge < -0.3 is 39.0 Å². The fourth-order valence-corrected chi connectivity index (χ4v) is 3.89. The van der Waals surface area contributed by atoms with E-state index in [1.807, 2.05) is 41.5 Å². The first kappa shape index (κ1) is 42.6. The molecule has 12 nitrogen and oxygen atoms in total. The summed E-state index contributed by atoms with van der Waals surface area (Å²) in [4.78, 5) is 55.5. The summed E-state index contributed by atoms with van der Waals surface area (Å²) in [7, 11) is 0. The fraction of sp³-hybridized carbons (Fsp3) is 0.824. The van der Waals surface area contributed by atoms with Gasteiger partial charge in [0.25, 0.3) is 0 Å². The molecule has 0 spiro atoms. The van der Waals surface area contributed by atoms with E-state index in [0.29, 0.717) is 77.9 Å². The zero-order valence-corrected chi connectivity index (χ0v) is 30.7. The van der Waals surface area contributed by atoms with Gasteiger partial charge in [-0.25, -0.2) is 19.2 Å². The Morgan fingerprint density at radius 1 is 0.522 bits per heavy atom. The maximum Gasteiger partial charge on any atom is 0.410 e. The molecule has 0 saturated heterocycles. The number of unbranched alkanes of at least 4 members (excludes halogenated alkanes) is 1. The molecule has 0 aliphatic heterocycles. The van der Waals surface area contributed by atoms with Gasteiger partial charge in [0.05, 0.1) is 0 Å². The van der Waals surface area contributed by atoms with Crippen molar-refractivity contribution >= 4 is 24.4 Å². The summed E-state index contributed by atoms with van der Waals surface area (Å²) in [6, 6.07) is 0. The van der Waals surface area contributed by atoms with Crippen molar-refractivity contribution in [1.29, 1.82) is 0 Å². The molecular weight excluding hydrogens is 592 g/mol. The van der Waals surface area contributed by atoms with Crippen molar-refractivity contribution in [1.82, 2.24) is 20.0 Å². The third-order valence-electron chi connectivity index (χ3n) is 5.72. The average Bonchev–Trinajstić information content (AvgIpc) is 2.83. The topological polar surface area (TPSA) is 127 Å². The van der Waals surface area contributed by atoms with Crippen LogP contribution in [0.15, 0.2) is 0 Å². The lowest BCUT2D eigenvalue weighted by molar-refractivity contribution is 0.0183. The molecule has 0 aliphatic rings. The highest BCUT2D eigenvalue weighted by atomic mass is 16.6. The van der Waals surface area contributed by atoms with Crippen LogP contribution in [0.2, 0.25) is 0 Å². The number of carbonyl (C=O) groups excluding carboxylic acids is 4. The number of nitrogens with one attached hydrogen (secondary N) is 1. The van der Waals surface area contributed by atoms with Gasteiger partial charge in [0, 0.05) is 52.2 Å². The SMILES string of the molecule is C#CCCN(CCCN(CCCCN(CCCNC(=O)OC(C)(C)C)C(=O)OC(C)(C)C)C(=O)OC(C)(C)C)C(=O)OC(C)(C)C. The number of nitrogens with zero attached hydrogens (tertiary/aromatic N) is 3. The average molecular weight is 655 g/mol. The van der Waals surface area contributed by atoms with Crippen LogP contribution < -0.4 is 5.32 Å². The van der Waals surface area contributed by atoms with Crippen molar-refractivity contribution < 1.29 is 38.1 Å². The van der Waals surface area contributed by atoms with Gasteiger partial charge in [0.15, 0.2) is 0 Å². The first-order chi connectivity index (χ1) is 20.9. The Kier molecular flexibility index (Phi) is 17.9. The van der Waals surface area contributed by atoms with Gasteiger partial charge in [-0.15, -0.1) is 12.3 Å². The predicted octanol–water partition coefficient (Wildman–Crippen LogP) is 6.81. The maximum atomic E-state index is 13.1. The molecule has 46 heavy (non-hydrogen) atoms. The Morgan fingerprint density at radius 3 is 1.20 bits per heavy atom. The van der Waals surface area contributed by atoms with Crippen LogP contribution in [0.1, 0.15) is 115 Å². The lowest BCUT2D eigenvalue weighted by Gasteiger charge is -2.30. The van der Waals surface area contributed by atoms with Crippen molar-refractivity contribution in [3.05, 3.63) is 0 Å². The van der Waals surface area contributed by atoms with Crippen molar-refractivity contribution in [2.75, 3.05) is 45.8 Å². The van der Waals surface area contributed by atoms with Crippen LogP contribution in [0.4, 0.5) is 19.2 Å². The number of hydrogen-bond donors (Lipinski definition) is 1. The minimum absolute atomic E-state index is 0.336. The van der Waals surface area contributed by atoms with Gasteiger partial charge in [-0.3, -0.25) is 0 Å². The third kappa shape index (κ3) is 23.0. The van der Waals surface area contributed by atoms with E-state index in [4.69, 9.17) is 25.4 Å². The monoisotopic (exact) mass is 654 g/mol. The second kappa shape index (κ2) is 19.3. The molecule has 0 aromatic carbocycles. The van der Waals surface area contributed by atoms with E-state index in [1.165, 1.54) is 0 Å². The van der Waals surface area contributed by atoms with Crippen molar-refractivity contribution in [3.63, 3.8) is 0 Å². The highest BCUT2D eigenvalue weighted by molar-refractivity contribution is 5.69. The van der Waals surface area contributed by atoms with Gasteiger partial charge in [-0.1, -0.05) is 0 Å². The van der Waals surface area contributed by atoms with Gasteiger partial charge in [0.1, 0.15) is 22.4 Å².